The molecule has 1 unspecified atom stereocenters. The van der Waals surface area contributed by atoms with Gasteiger partial charge in [0.05, 0.1) is 6.61 Å². The van der Waals surface area contributed by atoms with Crippen LogP contribution in [0.25, 0.3) is 0 Å². The lowest BCUT2D eigenvalue weighted by Crippen LogP contribution is -2.29. The predicted molar refractivity (Wildman–Crippen MR) is 62.0 cm³/mol. The predicted octanol–water partition coefficient (Wildman–Crippen LogP) is 0.676. The number of ether oxygens (including phenoxy) is 1. The molecule has 0 aliphatic heterocycles. The van der Waals surface area contributed by atoms with Crippen LogP contribution in [0.5, 0.6) is 0 Å². The van der Waals surface area contributed by atoms with Gasteiger partial charge in [-0.05, 0) is 18.1 Å². The average Bonchev–Trinajstić information content (AvgIpc) is 2.26. The minimum absolute atomic E-state index is 0.142. The average molecular weight is 223 g/mol. The van der Waals surface area contributed by atoms with Gasteiger partial charge in [0.25, 0.3) is 5.91 Å². The molecule has 0 spiro atoms. The standard InChI is InChI=1S/C11H17N3O2/c1-8(7-16-2)6-14-11(15)9-3-4-13-10(12)5-9/h3-5,8H,6-7H2,1-2H3,(H2,12,13)(H,14,15). The molecule has 0 aliphatic rings. The second-order valence-electron chi connectivity index (χ2n) is 3.74. The highest BCUT2D eigenvalue weighted by Crippen LogP contribution is 2.03. The Kier molecular flexibility index (Phi) is 4.72. The van der Waals surface area contributed by atoms with Crippen molar-refractivity contribution < 1.29 is 9.53 Å². The first-order chi connectivity index (χ1) is 7.63. The van der Waals surface area contributed by atoms with E-state index in [2.05, 4.69) is 10.3 Å². The number of pyridine rings is 1. The smallest absolute Gasteiger partial charge is 0.251 e. The minimum Gasteiger partial charge on any atom is -0.384 e. The van der Waals surface area contributed by atoms with Gasteiger partial charge in [0, 0.05) is 25.4 Å². The lowest BCUT2D eigenvalue weighted by molar-refractivity contribution is 0.0934. The van der Waals surface area contributed by atoms with E-state index < -0.39 is 0 Å². The maximum absolute atomic E-state index is 11.7. The molecule has 1 amide bonds. The summed E-state index contributed by atoms with van der Waals surface area (Å²) in [5.74, 6) is 0.489. The van der Waals surface area contributed by atoms with Crippen LogP contribution in [-0.4, -0.2) is 31.2 Å². The van der Waals surface area contributed by atoms with Crippen molar-refractivity contribution >= 4 is 11.7 Å². The first kappa shape index (κ1) is 12.4. The van der Waals surface area contributed by atoms with Gasteiger partial charge in [0.15, 0.2) is 0 Å². The van der Waals surface area contributed by atoms with Gasteiger partial charge >= 0.3 is 0 Å². The number of nitrogens with zero attached hydrogens (tertiary/aromatic N) is 1. The van der Waals surface area contributed by atoms with Crippen LogP contribution in [0.15, 0.2) is 18.3 Å². The maximum atomic E-state index is 11.7. The molecule has 16 heavy (non-hydrogen) atoms. The van der Waals surface area contributed by atoms with Crippen LogP contribution in [0.4, 0.5) is 5.82 Å². The van der Waals surface area contributed by atoms with Crippen molar-refractivity contribution in [1.82, 2.24) is 10.3 Å². The number of hydrogen-bond donors (Lipinski definition) is 2. The van der Waals surface area contributed by atoms with Crippen LogP contribution in [0, 0.1) is 5.92 Å². The number of amides is 1. The Balaban J connectivity index is 2.47. The second kappa shape index (κ2) is 6.07. The van der Waals surface area contributed by atoms with E-state index in [1.807, 2.05) is 6.92 Å². The fraction of sp³-hybridized carbons (Fsp3) is 0.455. The van der Waals surface area contributed by atoms with Crippen molar-refractivity contribution in [2.45, 2.75) is 6.92 Å². The van der Waals surface area contributed by atoms with Gasteiger partial charge in [-0.25, -0.2) is 4.98 Å². The summed E-state index contributed by atoms with van der Waals surface area (Å²) >= 11 is 0. The van der Waals surface area contributed by atoms with Gasteiger partial charge in [-0.15, -0.1) is 0 Å². The molecule has 0 saturated carbocycles. The highest BCUT2D eigenvalue weighted by molar-refractivity contribution is 5.94. The first-order valence-electron chi connectivity index (χ1n) is 5.12. The highest BCUT2D eigenvalue weighted by atomic mass is 16.5. The third-order valence-corrected chi connectivity index (χ3v) is 2.11. The third-order valence-electron chi connectivity index (χ3n) is 2.11. The van der Waals surface area contributed by atoms with Crippen molar-refractivity contribution in [1.29, 1.82) is 0 Å². The molecule has 1 aromatic rings. The molecule has 0 fully saturated rings. The largest absolute Gasteiger partial charge is 0.384 e. The van der Waals surface area contributed by atoms with E-state index in [-0.39, 0.29) is 11.8 Å². The van der Waals surface area contributed by atoms with Crippen molar-refractivity contribution in [2.24, 2.45) is 5.92 Å². The fourth-order valence-electron chi connectivity index (χ4n) is 1.30. The summed E-state index contributed by atoms with van der Waals surface area (Å²) in [5, 5.41) is 2.81. The molecule has 3 N–H and O–H groups in total. The Morgan fingerprint density at radius 2 is 2.44 bits per heavy atom. The first-order valence-corrected chi connectivity index (χ1v) is 5.12. The van der Waals surface area contributed by atoms with E-state index in [9.17, 15) is 4.79 Å². The van der Waals surface area contributed by atoms with Crippen LogP contribution in [-0.2, 0) is 4.74 Å². The van der Waals surface area contributed by atoms with E-state index >= 15 is 0 Å². The minimum atomic E-state index is -0.142. The summed E-state index contributed by atoms with van der Waals surface area (Å²) in [6, 6.07) is 3.18. The summed E-state index contributed by atoms with van der Waals surface area (Å²) in [5.41, 5.74) is 6.01. The molecule has 0 saturated heterocycles. The lowest BCUT2D eigenvalue weighted by Gasteiger charge is -2.11. The Labute approximate surface area is 95.0 Å². The summed E-state index contributed by atoms with van der Waals surface area (Å²) in [4.78, 5) is 15.5. The molecule has 1 atom stereocenters. The lowest BCUT2D eigenvalue weighted by atomic mass is 10.2. The molecule has 0 radical (unpaired) electrons. The van der Waals surface area contributed by atoms with Crippen molar-refractivity contribution in [3.8, 4) is 0 Å². The number of nitrogens with two attached hydrogens (primary N) is 1. The number of anilines is 1. The van der Waals surface area contributed by atoms with Gasteiger partial charge in [0.2, 0.25) is 0 Å². The number of rotatable bonds is 5. The molecule has 5 nitrogen and oxygen atoms in total. The molecule has 1 aromatic heterocycles. The van der Waals surface area contributed by atoms with Gasteiger partial charge in [-0.3, -0.25) is 4.79 Å². The summed E-state index contributed by atoms with van der Waals surface area (Å²) in [6.07, 6.45) is 1.52. The van der Waals surface area contributed by atoms with E-state index in [0.29, 0.717) is 24.5 Å². The molecular weight excluding hydrogens is 206 g/mol. The number of carbonyl (C=O) groups is 1. The number of methoxy groups -OCH3 is 1. The molecule has 1 rings (SSSR count). The van der Waals surface area contributed by atoms with Crippen LogP contribution in [0.3, 0.4) is 0 Å². The summed E-state index contributed by atoms with van der Waals surface area (Å²) in [6.45, 7) is 3.21. The van der Waals surface area contributed by atoms with Gasteiger partial charge < -0.3 is 15.8 Å². The fourth-order valence-corrected chi connectivity index (χ4v) is 1.30. The van der Waals surface area contributed by atoms with Gasteiger partial charge in [0.1, 0.15) is 5.82 Å². The van der Waals surface area contributed by atoms with Crippen LogP contribution in [0.2, 0.25) is 0 Å². The molecule has 88 valence electrons. The Bertz CT molecular complexity index is 355. The molecule has 1 heterocycles. The second-order valence-corrected chi connectivity index (χ2v) is 3.74. The number of aromatic nitrogens is 1. The molecule has 0 bridgehead atoms. The van der Waals surface area contributed by atoms with E-state index in [0.717, 1.165) is 0 Å². The van der Waals surface area contributed by atoms with Gasteiger partial charge in [-0.1, -0.05) is 6.92 Å². The van der Waals surface area contributed by atoms with Gasteiger partial charge in [-0.2, -0.15) is 0 Å². The normalized spacial score (nSPS) is 12.1. The quantitative estimate of drug-likeness (QED) is 0.769. The monoisotopic (exact) mass is 223 g/mol. The maximum Gasteiger partial charge on any atom is 0.251 e. The molecular formula is C11H17N3O2. The van der Waals surface area contributed by atoms with E-state index in [4.69, 9.17) is 10.5 Å². The van der Waals surface area contributed by atoms with E-state index in [1.54, 1.807) is 19.2 Å². The van der Waals surface area contributed by atoms with Crippen LogP contribution in [0.1, 0.15) is 17.3 Å². The molecule has 0 aliphatic carbocycles. The zero-order valence-electron chi connectivity index (χ0n) is 9.56. The molecule has 5 heteroatoms. The van der Waals surface area contributed by atoms with Crippen LogP contribution >= 0.6 is 0 Å². The topological polar surface area (TPSA) is 77.2 Å². The molecule has 0 aromatic carbocycles. The number of nitrogen functional groups attached to an aromatic ring is 1. The van der Waals surface area contributed by atoms with Crippen molar-refractivity contribution in [3.05, 3.63) is 23.9 Å². The number of hydrogen-bond acceptors (Lipinski definition) is 4. The van der Waals surface area contributed by atoms with Crippen LogP contribution < -0.4 is 11.1 Å². The summed E-state index contributed by atoms with van der Waals surface area (Å²) in [7, 11) is 1.64. The number of carbonyl (C=O) groups excluding carboxylic acids is 1. The van der Waals surface area contributed by atoms with Crippen molar-refractivity contribution in [3.63, 3.8) is 0 Å². The van der Waals surface area contributed by atoms with Crippen molar-refractivity contribution in [2.75, 3.05) is 26.0 Å². The zero-order chi connectivity index (χ0) is 12.0. The third kappa shape index (κ3) is 3.86. The summed E-state index contributed by atoms with van der Waals surface area (Å²) < 4.78 is 4.98. The Hall–Kier alpha value is -1.62. The zero-order valence-corrected chi connectivity index (χ0v) is 9.56. The SMILES string of the molecule is COCC(C)CNC(=O)c1ccnc(N)c1. The highest BCUT2D eigenvalue weighted by Gasteiger charge is 2.07. The van der Waals surface area contributed by atoms with E-state index in [1.165, 1.54) is 6.20 Å². The Morgan fingerprint density at radius 3 is 3.06 bits per heavy atom. The Morgan fingerprint density at radius 1 is 1.69 bits per heavy atom. The number of nitrogens with one attached hydrogen (secondary N) is 1.